The van der Waals surface area contributed by atoms with Crippen LogP contribution in [0.3, 0.4) is 0 Å². The molecule has 0 aliphatic carbocycles. The van der Waals surface area contributed by atoms with Gasteiger partial charge >= 0.3 is 6.09 Å². The molecule has 2 saturated heterocycles. The third kappa shape index (κ3) is 3.71. The summed E-state index contributed by atoms with van der Waals surface area (Å²) in [6, 6.07) is 7.20. The maximum absolute atomic E-state index is 11.2. The van der Waals surface area contributed by atoms with E-state index >= 15 is 0 Å². The van der Waals surface area contributed by atoms with Crippen LogP contribution in [0.2, 0.25) is 0 Å². The van der Waals surface area contributed by atoms with Gasteiger partial charge in [0.25, 0.3) is 0 Å². The molecule has 1 aromatic carbocycles. The van der Waals surface area contributed by atoms with E-state index in [2.05, 4.69) is 39.6 Å². The molecule has 0 radical (unpaired) electrons. The molecule has 1 amide bonds. The first kappa shape index (κ1) is 17.4. The second-order valence-corrected chi connectivity index (χ2v) is 7.37. The van der Waals surface area contributed by atoms with Crippen LogP contribution in [0, 0.1) is 0 Å². The smallest absolute Gasteiger partial charge is 0.407 e. The number of hydrogen-bond donors (Lipinski definition) is 2. The van der Waals surface area contributed by atoms with Gasteiger partial charge in [0.2, 0.25) is 0 Å². The summed E-state index contributed by atoms with van der Waals surface area (Å²) < 4.78 is 10.3. The molecule has 2 aromatic rings. The van der Waals surface area contributed by atoms with Crippen molar-refractivity contribution in [2.24, 2.45) is 0 Å². The number of fused-ring (bicyclic) bond motifs is 1. The van der Waals surface area contributed by atoms with Gasteiger partial charge in [-0.05, 0) is 55.5 Å². The van der Waals surface area contributed by atoms with E-state index < -0.39 is 0 Å². The average Bonchev–Trinajstić information content (AvgIpc) is 3.35. The SMILES string of the molecule is COCCN1CCC[C@@H]1Cc1c[nH]c2ccc(C[C@H]3COC(=O)N3)cc12. The van der Waals surface area contributed by atoms with Crippen molar-refractivity contribution in [1.29, 1.82) is 0 Å². The third-order valence-electron chi connectivity index (χ3n) is 5.59. The highest BCUT2D eigenvalue weighted by Gasteiger charge is 2.25. The first-order valence-corrected chi connectivity index (χ1v) is 9.48. The summed E-state index contributed by atoms with van der Waals surface area (Å²) in [5, 5.41) is 4.15. The summed E-state index contributed by atoms with van der Waals surface area (Å²) in [5.74, 6) is 0. The van der Waals surface area contributed by atoms with E-state index in [1.165, 1.54) is 41.4 Å². The highest BCUT2D eigenvalue weighted by atomic mass is 16.6. The molecule has 6 nitrogen and oxygen atoms in total. The van der Waals surface area contributed by atoms with Gasteiger partial charge in [-0.2, -0.15) is 0 Å². The van der Waals surface area contributed by atoms with Crippen LogP contribution in [0.4, 0.5) is 4.79 Å². The normalized spacial score (nSPS) is 23.5. The summed E-state index contributed by atoms with van der Waals surface area (Å²) in [5.41, 5.74) is 3.79. The topological polar surface area (TPSA) is 66.6 Å². The fourth-order valence-corrected chi connectivity index (χ4v) is 4.23. The van der Waals surface area contributed by atoms with E-state index in [4.69, 9.17) is 9.47 Å². The molecule has 2 aliphatic heterocycles. The quantitative estimate of drug-likeness (QED) is 0.799. The first-order valence-electron chi connectivity index (χ1n) is 9.48. The number of aromatic nitrogens is 1. The number of hydrogen-bond acceptors (Lipinski definition) is 4. The zero-order chi connectivity index (χ0) is 17.9. The Morgan fingerprint density at radius 3 is 3.08 bits per heavy atom. The summed E-state index contributed by atoms with van der Waals surface area (Å²) in [6.45, 7) is 3.43. The lowest BCUT2D eigenvalue weighted by Crippen LogP contribution is -2.33. The van der Waals surface area contributed by atoms with Crippen molar-refractivity contribution in [3.8, 4) is 0 Å². The number of carbonyl (C=O) groups excluding carboxylic acids is 1. The Kier molecular flexibility index (Phi) is 5.13. The minimum Gasteiger partial charge on any atom is -0.447 e. The Hall–Kier alpha value is -2.05. The van der Waals surface area contributed by atoms with Crippen molar-refractivity contribution in [2.45, 2.75) is 37.8 Å². The van der Waals surface area contributed by atoms with Crippen molar-refractivity contribution in [3.05, 3.63) is 35.5 Å². The van der Waals surface area contributed by atoms with E-state index in [9.17, 15) is 4.79 Å². The van der Waals surface area contributed by atoms with Crippen molar-refractivity contribution in [1.82, 2.24) is 15.2 Å². The maximum Gasteiger partial charge on any atom is 0.407 e. The molecule has 2 aliphatic rings. The molecule has 6 heteroatoms. The Morgan fingerprint density at radius 1 is 1.35 bits per heavy atom. The van der Waals surface area contributed by atoms with E-state index in [0.717, 1.165) is 26.0 Å². The number of H-pyrrole nitrogens is 1. The molecule has 2 fully saturated rings. The Labute approximate surface area is 153 Å². The Balaban J connectivity index is 1.48. The molecular weight excluding hydrogens is 330 g/mol. The number of nitrogens with one attached hydrogen (secondary N) is 2. The molecule has 1 aromatic heterocycles. The molecule has 140 valence electrons. The van der Waals surface area contributed by atoms with E-state index in [1.807, 2.05) is 0 Å². The van der Waals surface area contributed by atoms with Gasteiger partial charge in [-0.15, -0.1) is 0 Å². The number of ether oxygens (including phenoxy) is 2. The lowest BCUT2D eigenvalue weighted by Gasteiger charge is -2.24. The zero-order valence-corrected chi connectivity index (χ0v) is 15.3. The van der Waals surface area contributed by atoms with Crippen molar-refractivity contribution < 1.29 is 14.3 Å². The second-order valence-electron chi connectivity index (χ2n) is 7.37. The number of methoxy groups -OCH3 is 1. The lowest BCUT2D eigenvalue weighted by molar-refractivity contribution is 0.141. The van der Waals surface area contributed by atoms with Gasteiger partial charge in [-0.1, -0.05) is 6.07 Å². The minimum atomic E-state index is -0.309. The number of benzene rings is 1. The predicted molar refractivity (Wildman–Crippen MR) is 100 cm³/mol. The Bertz CT molecular complexity index is 773. The summed E-state index contributed by atoms with van der Waals surface area (Å²) in [7, 11) is 1.77. The van der Waals surface area contributed by atoms with Crippen molar-refractivity contribution >= 4 is 17.0 Å². The number of aromatic amines is 1. The largest absolute Gasteiger partial charge is 0.447 e. The monoisotopic (exact) mass is 357 g/mol. The van der Waals surface area contributed by atoms with Crippen LogP contribution in [0.25, 0.3) is 10.9 Å². The Morgan fingerprint density at radius 2 is 2.27 bits per heavy atom. The van der Waals surface area contributed by atoms with Gasteiger partial charge in [0.05, 0.1) is 12.6 Å². The lowest BCUT2D eigenvalue weighted by atomic mass is 10.00. The molecule has 3 heterocycles. The number of alkyl carbamates (subject to hydrolysis) is 1. The number of carbonyl (C=O) groups is 1. The molecule has 4 rings (SSSR count). The summed E-state index contributed by atoms with van der Waals surface area (Å²) in [4.78, 5) is 17.2. The number of amides is 1. The highest BCUT2D eigenvalue weighted by Crippen LogP contribution is 2.26. The van der Waals surface area contributed by atoms with Crippen LogP contribution in [-0.2, 0) is 22.3 Å². The standard InChI is InChI=1S/C20H27N3O3/c1-25-8-7-23-6-2-3-17(23)11-15-12-21-19-5-4-14(10-18(15)19)9-16-13-26-20(24)22-16/h4-5,10,12,16-17,21H,2-3,6-9,11,13H2,1H3,(H,22,24)/t16-,17+/m0/s1. The minimum absolute atomic E-state index is 0.0710. The molecule has 0 bridgehead atoms. The van der Waals surface area contributed by atoms with Gasteiger partial charge < -0.3 is 19.8 Å². The number of cyclic esters (lactones) is 1. The molecule has 2 atom stereocenters. The molecule has 0 spiro atoms. The van der Waals surface area contributed by atoms with Gasteiger partial charge in [0.15, 0.2) is 0 Å². The number of nitrogens with zero attached hydrogens (tertiary/aromatic N) is 1. The third-order valence-corrected chi connectivity index (χ3v) is 5.59. The first-order chi connectivity index (χ1) is 12.7. The van der Waals surface area contributed by atoms with Crippen LogP contribution >= 0.6 is 0 Å². The van der Waals surface area contributed by atoms with Crippen LogP contribution in [0.15, 0.2) is 24.4 Å². The van der Waals surface area contributed by atoms with Gasteiger partial charge in [0, 0.05) is 36.8 Å². The predicted octanol–water partition coefficient (Wildman–Crippen LogP) is 2.47. The van der Waals surface area contributed by atoms with Gasteiger partial charge in [-0.25, -0.2) is 4.79 Å². The van der Waals surface area contributed by atoms with Gasteiger partial charge in [-0.3, -0.25) is 4.90 Å². The van der Waals surface area contributed by atoms with E-state index in [-0.39, 0.29) is 12.1 Å². The van der Waals surface area contributed by atoms with Crippen molar-refractivity contribution in [2.75, 3.05) is 33.4 Å². The van der Waals surface area contributed by atoms with Crippen LogP contribution in [0.1, 0.15) is 24.0 Å². The zero-order valence-electron chi connectivity index (χ0n) is 15.3. The molecule has 26 heavy (non-hydrogen) atoms. The fraction of sp³-hybridized carbons (Fsp3) is 0.550. The summed E-state index contributed by atoms with van der Waals surface area (Å²) >= 11 is 0. The second kappa shape index (κ2) is 7.68. The van der Waals surface area contributed by atoms with E-state index in [1.54, 1.807) is 7.11 Å². The van der Waals surface area contributed by atoms with Crippen LogP contribution < -0.4 is 5.32 Å². The van der Waals surface area contributed by atoms with Crippen LogP contribution in [-0.4, -0.2) is 61.5 Å². The van der Waals surface area contributed by atoms with Gasteiger partial charge in [0.1, 0.15) is 6.61 Å². The maximum atomic E-state index is 11.2. The molecule has 0 saturated carbocycles. The highest BCUT2D eigenvalue weighted by molar-refractivity contribution is 5.84. The number of rotatable bonds is 7. The molecule has 0 unspecified atom stereocenters. The van der Waals surface area contributed by atoms with Crippen molar-refractivity contribution in [3.63, 3.8) is 0 Å². The van der Waals surface area contributed by atoms with Crippen LogP contribution in [0.5, 0.6) is 0 Å². The summed E-state index contributed by atoms with van der Waals surface area (Å²) in [6.07, 6.45) is 6.23. The average molecular weight is 357 g/mol. The number of likely N-dealkylation sites (tertiary alicyclic amines) is 1. The van der Waals surface area contributed by atoms with E-state index in [0.29, 0.717) is 12.6 Å². The fourth-order valence-electron chi connectivity index (χ4n) is 4.23. The molecule has 2 N–H and O–H groups in total. The molecular formula is C20H27N3O3.